The van der Waals surface area contributed by atoms with Crippen molar-refractivity contribution in [2.45, 2.75) is 71.7 Å². The molecule has 0 saturated carbocycles. The van der Waals surface area contributed by atoms with Gasteiger partial charge in [0.15, 0.2) is 0 Å². The predicted molar refractivity (Wildman–Crippen MR) is 98.8 cm³/mol. The average Bonchev–Trinajstić information content (AvgIpc) is 2.74. The first-order valence-electron chi connectivity index (χ1n) is 8.48. The lowest BCUT2D eigenvalue weighted by atomic mass is 9.86. The zero-order valence-electron chi connectivity index (χ0n) is 15.7. The minimum Gasteiger partial charge on any atom is -0.392 e. The maximum Gasteiger partial charge on any atom is 0.251 e. The third-order valence-corrected chi connectivity index (χ3v) is 5.80. The fourth-order valence-electron chi connectivity index (χ4n) is 3.27. The SMILES string of the molecule is CC(C)C(O)CC(=O)Nc1sc2c(c1C(N)=O)CC(C)(C)OC2(C)C. The van der Waals surface area contributed by atoms with E-state index in [9.17, 15) is 14.7 Å². The molecule has 1 aliphatic rings. The summed E-state index contributed by atoms with van der Waals surface area (Å²) in [6, 6.07) is 0. The van der Waals surface area contributed by atoms with Crippen molar-refractivity contribution in [1.82, 2.24) is 0 Å². The second-order valence-corrected chi connectivity index (χ2v) is 9.11. The molecule has 2 amide bonds. The Morgan fingerprint density at radius 1 is 1.32 bits per heavy atom. The Bertz CT molecular complexity index is 691. The number of thiophene rings is 1. The fraction of sp³-hybridized carbons (Fsp3) is 0.667. The molecule has 2 heterocycles. The number of amides is 2. The van der Waals surface area contributed by atoms with Gasteiger partial charge in [-0.15, -0.1) is 11.3 Å². The van der Waals surface area contributed by atoms with Gasteiger partial charge in [0.2, 0.25) is 5.91 Å². The summed E-state index contributed by atoms with van der Waals surface area (Å²) < 4.78 is 6.14. The van der Waals surface area contributed by atoms with Gasteiger partial charge in [0, 0.05) is 11.3 Å². The van der Waals surface area contributed by atoms with Crippen molar-refractivity contribution in [3.8, 4) is 0 Å². The number of nitrogens with one attached hydrogen (secondary N) is 1. The minimum absolute atomic E-state index is 0.0222. The molecule has 1 unspecified atom stereocenters. The van der Waals surface area contributed by atoms with Crippen molar-refractivity contribution in [2.24, 2.45) is 11.7 Å². The van der Waals surface area contributed by atoms with Crippen LogP contribution in [0.4, 0.5) is 5.00 Å². The van der Waals surface area contributed by atoms with Crippen LogP contribution in [0.1, 0.15) is 68.8 Å². The Balaban J connectivity index is 2.39. The molecule has 0 bridgehead atoms. The van der Waals surface area contributed by atoms with Crippen LogP contribution in [0.3, 0.4) is 0 Å². The van der Waals surface area contributed by atoms with Crippen LogP contribution in [0.25, 0.3) is 0 Å². The van der Waals surface area contributed by atoms with Crippen LogP contribution in [0.15, 0.2) is 0 Å². The predicted octanol–water partition coefficient (Wildman–Crippen LogP) is 2.78. The summed E-state index contributed by atoms with van der Waals surface area (Å²) in [4.78, 5) is 25.2. The summed E-state index contributed by atoms with van der Waals surface area (Å²) in [6.07, 6.45) is -0.209. The first kappa shape index (κ1) is 19.9. The highest BCUT2D eigenvalue weighted by atomic mass is 32.1. The Morgan fingerprint density at radius 2 is 1.92 bits per heavy atom. The van der Waals surface area contributed by atoms with Gasteiger partial charge in [0.05, 0.1) is 29.3 Å². The summed E-state index contributed by atoms with van der Waals surface area (Å²) in [5, 5.41) is 13.1. The van der Waals surface area contributed by atoms with E-state index < -0.39 is 23.2 Å². The molecule has 140 valence electrons. The fourth-order valence-corrected chi connectivity index (χ4v) is 4.55. The van der Waals surface area contributed by atoms with Crippen LogP contribution in [-0.4, -0.2) is 28.6 Å². The van der Waals surface area contributed by atoms with E-state index in [2.05, 4.69) is 5.32 Å². The van der Waals surface area contributed by atoms with Crippen molar-refractivity contribution in [3.63, 3.8) is 0 Å². The lowest BCUT2D eigenvalue weighted by molar-refractivity contribution is -0.135. The Morgan fingerprint density at radius 3 is 2.44 bits per heavy atom. The number of ether oxygens (including phenoxy) is 1. The van der Waals surface area contributed by atoms with E-state index in [1.54, 1.807) is 0 Å². The van der Waals surface area contributed by atoms with Crippen molar-refractivity contribution in [2.75, 3.05) is 5.32 Å². The maximum atomic E-state index is 12.3. The van der Waals surface area contributed by atoms with E-state index in [0.29, 0.717) is 17.0 Å². The molecule has 0 fully saturated rings. The molecular formula is C18H28N2O4S. The first-order valence-corrected chi connectivity index (χ1v) is 9.30. The molecule has 6 nitrogen and oxygen atoms in total. The highest BCUT2D eigenvalue weighted by Gasteiger charge is 2.42. The molecule has 4 N–H and O–H groups in total. The van der Waals surface area contributed by atoms with Gasteiger partial charge < -0.3 is 20.9 Å². The zero-order chi connectivity index (χ0) is 19.2. The van der Waals surface area contributed by atoms with Crippen LogP contribution in [0.2, 0.25) is 0 Å². The molecule has 0 radical (unpaired) electrons. The molecule has 1 aromatic rings. The normalized spacial score (nSPS) is 19.4. The van der Waals surface area contributed by atoms with Gasteiger partial charge in [-0.25, -0.2) is 0 Å². The monoisotopic (exact) mass is 368 g/mol. The van der Waals surface area contributed by atoms with Crippen LogP contribution >= 0.6 is 11.3 Å². The van der Waals surface area contributed by atoms with Gasteiger partial charge in [-0.05, 0) is 39.2 Å². The van der Waals surface area contributed by atoms with Crippen LogP contribution < -0.4 is 11.1 Å². The molecule has 1 aliphatic heterocycles. The molecule has 2 rings (SSSR count). The van der Waals surface area contributed by atoms with Crippen molar-refractivity contribution >= 4 is 28.2 Å². The standard InChI is InChI=1S/C18H28N2O4S/c1-9(2)11(21)7-12(22)20-16-13(15(19)23)10-8-17(3,4)24-18(5,6)14(10)25-16/h9,11,21H,7-8H2,1-6H3,(H2,19,23)(H,20,22). The van der Waals surface area contributed by atoms with Crippen LogP contribution in [0, 0.1) is 5.92 Å². The van der Waals surface area contributed by atoms with Crippen molar-refractivity contribution in [3.05, 3.63) is 16.0 Å². The number of anilines is 1. The minimum atomic E-state index is -0.731. The summed E-state index contributed by atoms with van der Waals surface area (Å²) >= 11 is 1.32. The van der Waals surface area contributed by atoms with E-state index in [-0.39, 0.29) is 18.2 Å². The van der Waals surface area contributed by atoms with E-state index in [1.807, 2.05) is 41.5 Å². The molecule has 7 heteroatoms. The lowest BCUT2D eigenvalue weighted by Crippen LogP contribution is -2.42. The Kier molecular flexibility index (Phi) is 5.33. The summed E-state index contributed by atoms with van der Waals surface area (Å²) in [5.41, 5.74) is 5.81. The van der Waals surface area contributed by atoms with E-state index >= 15 is 0 Å². The quantitative estimate of drug-likeness (QED) is 0.744. The summed E-state index contributed by atoms with van der Waals surface area (Å²) in [6.45, 7) is 11.5. The third-order valence-electron chi connectivity index (χ3n) is 4.35. The number of fused-ring (bicyclic) bond motifs is 1. The topological polar surface area (TPSA) is 102 Å². The number of rotatable bonds is 5. The number of primary amides is 1. The number of carbonyl (C=O) groups is 2. The number of aliphatic hydroxyl groups is 1. The van der Waals surface area contributed by atoms with Crippen LogP contribution in [0.5, 0.6) is 0 Å². The summed E-state index contributed by atoms with van der Waals surface area (Å²) in [7, 11) is 0. The van der Waals surface area contributed by atoms with Crippen molar-refractivity contribution < 1.29 is 19.4 Å². The maximum absolute atomic E-state index is 12.3. The van der Waals surface area contributed by atoms with E-state index in [0.717, 1.165) is 10.4 Å². The molecule has 0 spiro atoms. The number of hydrogen-bond acceptors (Lipinski definition) is 5. The van der Waals surface area contributed by atoms with Gasteiger partial charge in [-0.2, -0.15) is 0 Å². The number of aliphatic hydroxyl groups excluding tert-OH is 1. The Labute approximate surface area is 152 Å². The largest absolute Gasteiger partial charge is 0.392 e. The smallest absolute Gasteiger partial charge is 0.251 e. The molecular weight excluding hydrogens is 340 g/mol. The highest BCUT2D eigenvalue weighted by Crippen LogP contribution is 2.48. The molecule has 25 heavy (non-hydrogen) atoms. The van der Waals surface area contributed by atoms with E-state index in [4.69, 9.17) is 10.5 Å². The number of carbonyl (C=O) groups excluding carboxylic acids is 2. The first-order chi connectivity index (χ1) is 11.3. The van der Waals surface area contributed by atoms with E-state index in [1.165, 1.54) is 11.3 Å². The molecule has 0 aromatic carbocycles. The highest BCUT2D eigenvalue weighted by molar-refractivity contribution is 7.17. The average molecular weight is 368 g/mol. The lowest BCUT2D eigenvalue weighted by Gasteiger charge is -2.41. The molecule has 0 aliphatic carbocycles. The molecule has 0 saturated heterocycles. The third kappa shape index (κ3) is 4.22. The summed E-state index contributed by atoms with van der Waals surface area (Å²) in [5.74, 6) is -0.919. The molecule has 1 aromatic heterocycles. The van der Waals surface area contributed by atoms with Gasteiger partial charge >= 0.3 is 0 Å². The second-order valence-electron chi connectivity index (χ2n) is 8.09. The van der Waals surface area contributed by atoms with Gasteiger partial charge in [-0.3, -0.25) is 9.59 Å². The zero-order valence-corrected chi connectivity index (χ0v) is 16.5. The number of hydrogen-bond donors (Lipinski definition) is 3. The number of nitrogens with two attached hydrogens (primary N) is 1. The van der Waals surface area contributed by atoms with Crippen LogP contribution in [-0.2, 0) is 21.6 Å². The van der Waals surface area contributed by atoms with Gasteiger partial charge in [0.1, 0.15) is 5.00 Å². The Hall–Kier alpha value is -1.44. The molecule has 1 atom stereocenters. The van der Waals surface area contributed by atoms with Gasteiger partial charge in [0.25, 0.3) is 5.91 Å². The van der Waals surface area contributed by atoms with Gasteiger partial charge in [-0.1, -0.05) is 13.8 Å². The van der Waals surface area contributed by atoms with Crippen molar-refractivity contribution in [1.29, 1.82) is 0 Å². The second kappa shape index (κ2) is 6.70.